The molecule has 3 rings (SSSR count). The highest BCUT2D eigenvalue weighted by atomic mass is 79.9. The van der Waals surface area contributed by atoms with Crippen molar-refractivity contribution in [1.82, 2.24) is 9.99 Å². The molecular formula is C14H12BrN3O2. The van der Waals surface area contributed by atoms with Crippen molar-refractivity contribution in [2.45, 2.75) is 6.54 Å². The van der Waals surface area contributed by atoms with Crippen molar-refractivity contribution in [3.63, 3.8) is 0 Å². The molecule has 5 nitrogen and oxygen atoms in total. The van der Waals surface area contributed by atoms with Crippen LogP contribution >= 0.6 is 15.9 Å². The van der Waals surface area contributed by atoms with Gasteiger partial charge in [-0.15, -0.1) is 0 Å². The minimum atomic E-state index is -0.434. The second-order valence-corrected chi connectivity index (χ2v) is 5.21. The number of nitrogen functional groups attached to an aromatic ring is 1. The summed E-state index contributed by atoms with van der Waals surface area (Å²) in [6, 6.07) is 11.4. The van der Waals surface area contributed by atoms with Crippen LogP contribution in [0.1, 0.15) is 16.3 Å². The molecule has 0 fully saturated rings. The van der Waals surface area contributed by atoms with Gasteiger partial charge in [0.05, 0.1) is 6.54 Å². The van der Waals surface area contributed by atoms with E-state index in [2.05, 4.69) is 20.5 Å². The first-order chi connectivity index (χ1) is 9.69. The molecule has 0 bridgehead atoms. The molecule has 2 heterocycles. The zero-order valence-corrected chi connectivity index (χ0v) is 12.1. The normalized spacial score (nSPS) is 10.9. The van der Waals surface area contributed by atoms with Crippen LogP contribution in [0, 0.1) is 0 Å². The lowest BCUT2D eigenvalue weighted by Gasteiger charge is -2.03. The number of carbonyl (C=O) groups excluding carboxylic acids is 1. The number of fused-ring (bicyclic) bond motifs is 1. The van der Waals surface area contributed by atoms with E-state index in [1.807, 2.05) is 35.9 Å². The Hall–Kier alpha value is -2.05. The summed E-state index contributed by atoms with van der Waals surface area (Å²) >= 11 is 3.52. The van der Waals surface area contributed by atoms with Gasteiger partial charge in [0, 0.05) is 21.6 Å². The SMILES string of the molecule is NNC(=O)c1ccc(Cn2ccc3c(Br)cccc32)o1. The van der Waals surface area contributed by atoms with Crippen LogP contribution in [0.4, 0.5) is 0 Å². The Morgan fingerprint density at radius 2 is 2.15 bits per heavy atom. The maximum absolute atomic E-state index is 11.3. The van der Waals surface area contributed by atoms with Crippen molar-refractivity contribution in [1.29, 1.82) is 0 Å². The average molecular weight is 334 g/mol. The monoisotopic (exact) mass is 333 g/mol. The number of furan rings is 1. The molecule has 0 radical (unpaired) electrons. The quantitative estimate of drug-likeness (QED) is 0.439. The van der Waals surface area contributed by atoms with Crippen LogP contribution in [0.3, 0.4) is 0 Å². The van der Waals surface area contributed by atoms with Crippen LogP contribution < -0.4 is 11.3 Å². The van der Waals surface area contributed by atoms with Gasteiger partial charge in [-0.05, 0) is 30.3 Å². The molecule has 3 N–H and O–H groups in total. The van der Waals surface area contributed by atoms with Gasteiger partial charge in [-0.1, -0.05) is 22.0 Å². The number of aromatic nitrogens is 1. The van der Waals surface area contributed by atoms with E-state index in [9.17, 15) is 4.79 Å². The van der Waals surface area contributed by atoms with Crippen LogP contribution in [0.25, 0.3) is 10.9 Å². The minimum Gasteiger partial charge on any atom is -0.454 e. The topological polar surface area (TPSA) is 73.2 Å². The Morgan fingerprint density at radius 1 is 1.30 bits per heavy atom. The fourth-order valence-electron chi connectivity index (χ4n) is 2.15. The highest BCUT2D eigenvalue weighted by Gasteiger charge is 2.11. The van der Waals surface area contributed by atoms with Crippen LogP contribution in [-0.4, -0.2) is 10.5 Å². The predicted molar refractivity (Wildman–Crippen MR) is 79.1 cm³/mol. The van der Waals surface area contributed by atoms with E-state index >= 15 is 0 Å². The molecule has 3 aromatic rings. The number of nitrogens with one attached hydrogen (secondary N) is 1. The molecule has 102 valence electrons. The number of benzene rings is 1. The fraction of sp³-hybridized carbons (Fsp3) is 0.0714. The Labute approximate surface area is 123 Å². The number of halogens is 1. The van der Waals surface area contributed by atoms with Gasteiger partial charge >= 0.3 is 5.91 Å². The number of carbonyl (C=O) groups is 1. The molecule has 0 aliphatic rings. The summed E-state index contributed by atoms with van der Waals surface area (Å²) in [5.41, 5.74) is 3.14. The molecule has 0 atom stereocenters. The Morgan fingerprint density at radius 3 is 2.95 bits per heavy atom. The zero-order chi connectivity index (χ0) is 14.1. The second-order valence-electron chi connectivity index (χ2n) is 4.36. The van der Waals surface area contributed by atoms with Crippen LogP contribution in [0.15, 0.2) is 51.5 Å². The molecule has 2 aromatic heterocycles. The van der Waals surface area contributed by atoms with E-state index in [4.69, 9.17) is 10.3 Å². The predicted octanol–water partition coefficient (Wildman–Crippen LogP) is 2.65. The van der Waals surface area contributed by atoms with Crippen LogP contribution in [0.2, 0.25) is 0 Å². The van der Waals surface area contributed by atoms with Gasteiger partial charge in [-0.2, -0.15) is 0 Å². The molecule has 20 heavy (non-hydrogen) atoms. The Balaban J connectivity index is 1.92. The lowest BCUT2D eigenvalue weighted by molar-refractivity contribution is 0.0924. The first-order valence-corrected chi connectivity index (χ1v) is 6.81. The maximum Gasteiger partial charge on any atom is 0.300 e. The highest BCUT2D eigenvalue weighted by Crippen LogP contribution is 2.25. The number of hydrogen-bond acceptors (Lipinski definition) is 3. The number of nitrogens with two attached hydrogens (primary N) is 1. The van der Waals surface area contributed by atoms with Crippen LogP contribution in [-0.2, 0) is 6.54 Å². The second kappa shape index (κ2) is 5.15. The summed E-state index contributed by atoms with van der Waals surface area (Å²) in [7, 11) is 0. The lowest BCUT2D eigenvalue weighted by atomic mass is 10.2. The largest absolute Gasteiger partial charge is 0.454 e. The van der Waals surface area contributed by atoms with Crippen molar-refractivity contribution in [2.75, 3.05) is 0 Å². The van der Waals surface area contributed by atoms with Gasteiger partial charge in [0.2, 0.25) is 0 Å². The van der Waals surface area contributed by atoms with Crippen molar-refractivity contribution in [3.8, 4) is 0 Å². The standard InChI is InChI=1S/C14H12BrN3O2/c15-11-2-1-3-12-10(11)6-7-18(12)8-9-4-5-13(20-9)14(19)17-16/h1-7H,8,16H2,(H,17,19). The van der Waals surface area contributed by atoms with Crippen molar-refractivity contribution >= 4 is 32.7 Å². The molecule has 0 aliphatic carbocycles. The summed E-state index contributed by atoms with van der Waals surface area (Å²) < 4.78 is 8.58. The molecule has 1 aromatic carbocycles. The Bertz CT molecular complexity index is 776. The first-order valence-electron chi connectivity index (χ1n) is 6.02. The molecule has 0 aliphatic heterocycles. The summed E-state index contributed by atoms with van der Waals surface area (Å²) in [4.78, 5) is 11.3. The molecule has 0 unspecified atom stereocenters. The van der Waals surface area contributed by atoms with E-state index in [0.717, 1.165) is 15.4 Å². The third kappa shape index (κ3) is 2.23. The lowest BCUT2D eigenvalue weighted by Crippen LogP contribution is -2.29. The third-order valence-corrected chi connectivity index (χ3v) is 3.79. The van der Waals surface area contributed by atoms with E-state index in [1.165, 1.54) is 0 Å². The van der Waals surface area contributed by atoms with Gasteiger partial charge in [0.25, 0.3) is 0 Å². The van der Waals surface area contributed by atoms with Gasteiger partial charge in [0.15, 0.2) is 5.76 Å². The number of hydrogen-bond donors (Lipinski definition) is 2. The van der Waals surface area contributed by atoms with E-state index in [1.54, 1.807) is 12.1 Å². The van der Waals surface area contributed by atoms with Crippen molar-refractivity contribution in [2.24, 2.45) is 5.84 Å². The average Bonchev–Trinajstić information content (AvgIpc) is 3.07. The molecular weight excluding hydrogens is 322 g/mol. The maximum atomic E-state index is 11.3. The molecule has 0 spiro atoms. The number of hydrazine groups is 1. The summed E-state index contributed by atoms with van der Waals surface area (Å²) in [6.07, 6.45) is 1.99. The fourth-order valence-corrected chi connectivity index (χ4v) is 2.64. The summed E-state index contributed by atoms with van der Waals surface area (Å²) in [6.45, 7) is 0.553. The molecule has 0 saturated heterocycles. The van der Waals surface area contributed by atoms with Crippen molar-refractivity contribution < 1.29 is 9.21 Å². The van der Waals surface area contributed by atoms with Crippen LogP contribution in [0.5, 0.6) is 0 Å². The van der Waals surface area contributed by atoms with Gasteiger partial charge in [-0.25, -0.2) is 5.84 Å². The smallest absolute Gasteiger partial charge is 0.300 e. The first kappa shape index (κ1) is 13.0. The molecule has 1 amide bonds. The molecule has 0 saturated carbocycles. The number of nitrogens with zero attached hydrogens (tertiary/aromatic N) is 1. The number of rotatable bonds is 3. The molecule has 6 heteroatoms. The van der Waals surface area contributed by atoms with Crippen molar-refractivity contribution in [3.05, 3.63) is 58.6 Å². The highest BCUT2D eigenvalue weighted by molar-refractivity contribution is 9.10. The van der Waals surface area contributed by atoms with E-state index in [-0.39, 0.29) is 5.76 Å². The van der Waals surface area contributed by atoms with Gasteiger partial charge in [-0.3, -0.25) is 10.2 Å². The van der Waals surface area contributed by atoms with Gasteiger partial charge < -0.3 is 8.98 Å². The minimum absolute atomic E-state index is 0.208. The summed E-state index contributed by atoms with van der Waals surface area (Å²) in [5, 5.41) is 1.14. The van der Waals surface area contributed by atoms with Gasteiger partial charge in [0.1, 0.15) is 5.76 Å². The zero-order valence-electron chi connectivity index (χ0n) is 10.5. The third-order valence-electron chi connectivity index (χ3n) is 3.10. The van der Waals surface area contributed by atoms with E-state index in [0.29, 0.717) is 12.3 Å². The number of amides is 1. The van der Waals surface area contributed by atoms with E-state index < -0.39 is 5.91 Å². The summed E-state index contributed by atoms with van der Waals surface area (Å²) in [5.74, 6) is 5.54. The Kier molecular flexibility index (Phi) is 3.33.